The zero-order chi connectivity index (χ0) is 19.3. The zero-order valence-corrected chi connectivity index (χ0v) is 16.4. The number of benzene rings is 2. The Kier molecular flexibility index (Phi) is 3.88. The second-order valence-corrected chi connectivity index (χ2v) is 7.51. The van der Waals surface area contributed by atoms with Gasteiger partial charge in [0.2, 0.25) is 0 Å². The number of imidazole rings is 1. The lowest BCUT2D eigenvalue weighted by molar-refractivity contribution is 1.18. The molecule has 0 atom stereocenters. The molecule has 5 aromatic rings. The monoisotopic (exact) mass is 386 g/mol. The van der Waals surface area contributed by atoms with Gasteiger partial charge in [-0.1, -0.05) is 47.5 Å². The molecule has 0 bridgehead atoms. The second kappa shape index (κ2) is 6.43. The number of halogens is 1. The summed E-state index contributed by atoms with van der Waals surface area (Å²) in [5.74, 6) is 0.897. The molecule has 0 radical (unpaired) electrons. The smallest absolute Gasteiger partial charge is 0.143 e. The predicted molar refractivity (Wildman–Crippen MR) is 117 cm³/mol. The summed E-state index contributed by atoms with van der Waals surface area (Å²) in [4.78, 5) is 8.26. The van der Waals surface area contributed by atoms with Gasteiger partial charge in [-0.05, 0) is 43.7 Å². The van der Waals surface area contributed by atoms with E-state index in [4.69, 9.17) is 16.6 Å². The second-order valence-electron chi connectivity index (χ2n) is 7.08. The molecular weight excluding hydrogens is 368 g/mol. The van der Waals surface area contributed by atoms with Gasteiger partial charge in [-0.15, -0.1) is 0 Å². The molecule has 2 N–H and O–H groups in total. The van der Waals surface area contributed by atoms with Crippen LogP contribution in [-0.4, -0.2) is 14.4 Å². The summed E-state index contributed by atoms with van der Waals surface area (Å²) >= 11 is 6.29. The van der Waals surface area contributed by atoms with Crippen LogP contribution < -0.4 is 5.32 Å². The fraction of sp³-hybridized carbons (Fsp3) is 0.0870. The van der Waals surface area contributed by atoms with Crippen LogP contribution in [0.2, 0.25) is 5.02 Å². The molecule has 0 unspecified atom stereocenters. The number of hydrogen-bond donors (Lipinski definition) is 2. The molecule has 0 saturated heterocycles. The molecule has 4 nitrogen and oxygen atoms in total. The average molecular weight is 387 g/mol. The SMILES string of the molecule is Cc1ccc(Nc2c(-c3c[nH]c4ccccc34)nc3ccc(Cl)cn23)c(C)c1. The van der Waals surface area contributed by atoms with Crippen LogP contribution in [0.5, 0.6) is 0 Å². The first-order valence-corrected chi connectivity index (χ1v) is 9.56. The van der Waals surface area contributed by atoms with Crippen molar-refractivity contribution in [1.29, 1.82) is 0 Å². The molecule has 28 heavy (non-hydrogen) atoms. The molecule has 0 aliphatic rings. The van der Waals surface area contributed by atoms with E-state index in [9.17, 15) is 0 Å². The van der Waals surface area contributed by atoms with Crippen LogP contribution in [0.3, 0.4) is 0 Å². The molecule has 0 amide bonds. The van der Waals surface area contributed by atoms with Crippen molar-refractivity contribution in [2.45, 2.75) is 13.8 Å². The first-order chi connectivity index (χ1) is 13.6. The minimum absolute atomic E-state index is 0.666. The number of anilines is 2. The minimum Gasteiger partial charge on any atom is -0.360 e. The van der Waals surface area contributed by atoms with Crippen molar-refractivity contribution in [1.82, 2.24) is 14.4 Å². The van der Waals surface area contributed by atoms with Gasteiger partial charge in [0.1, 0.15) is 17.2 Å². The minimum atomic E-state index is 0.666. The normalized spacial score (nSPS) is 11.4. The van der Waals surface area contributed by atoms with Crippen molar-refractivity contribution in [3.05, 3.63) is 83.1 Å². The number of rotatable bonds is 3. The quantitative estimate of drug-likeness (QED) is 0.372. The molecule has 5 rings (SSSR count). The van der Waals surface area contributed by atoms with Crippen molar-refractivity contribution in [3.63, 3.8) is 0 Å². The highest BCUT2D eigenvalue weighted by molar-refractivity contribution is 6.30. The molecule has 3 heterocycles. The van der Waals surface area contributed by atoms with Crippen LogP contribution in [0.15, 0.2) is 67.0 Å². The average Bonchev–Trinajstić information content (AvgIpc) is 3.25. The molecule has 2 aromatic carbocycles. The number of para-hydroxylation sites is 1. The number of aromatic nitrogens is 3. The van der Waals surface area contributed by atoms with Crippen LogP contribution in [0, 0.1) is 13.8 Å². The number of pyridine rings is 1. The largest absolute Gasteiger partial charge is 0.360 e. The summed E-state index contributed by atoms with van der Waals surface area (Å²) in [7, 11) is 0. The summed E-state index contributed by atoms with van der Waals surface area (Å²) < 4.78 is 2.01. The van der Waals surface area contributed by atoms with Gasteiger partial charge in [0.15, 0.2) is 0 Å². The molecule has 0 spiro atoms. The van der Waals surface area contributed by atoms with Gasteiger partial charge in [-0.3, -0.25) is 4.40 Å². The molecule has 0 fully saturated rings. The number of fused-ring (bicyclic) bond motifs is 2. The Bertz CT molecular complexity index is 1330. The predicted octanol–water partition coefficient (Wildman–Crippen LogP) is 6.50. The number of aromatic amines is 1. The lowest BCUT2D eigenvalue weighted by Crippen LogP contribution is -1.99. The number of hydrogen-bond acceptors (Lipinski definition) is 2. The maximum Gasteiger partial charge on any atom is 0.143 e. The van der Waals surface area contributed by atoms with Crippen molar-refractivity contribution < 1.29 is 0 Å². The third kappa shape index (κ3) is 2.74. The maximum atomic E-state index is 6.29. The van der Waals surface area contributed by atoms with Gasteiger partial charge in [0.25, 0.3) is 0 Å². The Labute approximate surface area is 167 Å². The number of nitrogens with zero attached hydrogens (tertiary/aromatic N) is 2. The van der Waals surface area contributed by atoms with Crippen LogP contribution in [0.25, 0.3) is 27.8 Å². The van der Waals surface area contributed by atoms with Crippen molar-refractivity contribution >= 4 is 39.7 Å². The van der Waals surface area contributed by atoms with Gasteiger partial charge in [0, 0.05) is 34.5 Å². The summed E-state index contributed by atoms with van der Waals surface area (Å²) in [6, 6.07) is 18.4. The number of nitrogens with one attached hydrogen (secondary N) is 2. The lowest BCUT2D eigenvalue weighted by atomic mass is 10.1. The van der Waals surface area contributed by atoms with Crippen molar-refractivity contribution in [3.8, 4) is 11.3 Å². The zero-order valence-electron chi connectivity index (χ0n) is 15.6. The van der Waals surface area contributed by atoms with Gasteiger partial charge in [-0.2, -0.15) is 0 Å². The summed E-state index contributed by atoms with van der Waals surface area (Å²) in [6.45, 7) is 4.21. The molecular formula is C23H19ClN4. The molecule has 0 saturated carbocycles. The Balaban J connectivity index is 1.76. The van der Waals surface area contributed by atoms with E-state index in [0.717, 1.165) is 39.3 Å². The summed E-state index contributed by atoms with van der Waals surface area (Å²) in [5.41, 5.74) is 7.35. The van der Waals surface area contributed by atoms with Crippen LogP contribution in [0.4, 0.5) is 11.5 Å². The van der Waals surface area contributed by atoms with Gasteiger partial charge >= 0.3 is 0 Å². The van der Waals surface area contributed by atoms with Crippen molar-refractivity contribution in [2.75, 3.05) is 5.32 Å². The van der Waals surface area contributed by atoms with Gasteiger partial charge in [0.05, 0.1) is 5.02 Å². The fourth-order valence-electron chi connectivity index (χ4n) is 3.67. The van der Waals surface area contributed by atoms with Crippen LogP contribution in [-0.2, 0) is 0 Å². The molecule has 0 aliphatic heterocycles. The van der Waals surface area contributed by atoms with E-state index in [0.29, 0.717) is 5.02 Å². The van der Waals surface area contributed by atoms with Gasteiger partial charge in [-0.25, -0.2) is 4.98 Å². The maximum absolute atomic E-state index is 6.29. The van der Waals surface area contributed by atoms with E-state index < -0.39 is 0 Å². The van der Waals surface area contributed by atoms with Crippen LogP contribution >= 0.6 is 11.6 Å². The molecule has 0 aliphatic carbocycles. The molecule has 3 aromatic heterocycles. The Hall–Kier alpha value is -3.24. The highest BCUT2D eigenvalue weighted by Gasteiger charge is 2.18. The summed E-state index contributed by atoms with van der Waals surface area (Å²) in [5, 5.41) is 5.40. The molecule has 5 heteroatoms. The lowest BCUT2D eigenvalue weighted by Gasteiger charge is -2.12. The summed E-state index contributed by atoms with van der Waals surface area (Å²) in [6.07, 6.45) is 3.91. The highest BCUT2D eigenvalue weighted by atomic mass is 35.5. The topological polar surface area (TPSA) is 45.1 Å². The Morgan fingerprint density at radius 3 is 2.75 bits per heavy atom. The first-order valence-electron chi connectivity index (χ1n) is 9.18. The van der Waals surface area contributed by atoms with E-state index in [2.05, 4.69) is 54.5 Å². The molecule has 138 valence electrons. The van der Waals surface area contributed by atoms with E-state index in [1.54, 1.807) is 0 Å². The number of H-pyrrole nitrogens is 1. The third-order valence-electron chi connectivity index (χ3n) is 5.06. The number of aryl methyl sites for hydroxylation is 2. The first kappa shape index (κ1) is 16.9. The van der Waals surface area contributed by atoms with Crippen LogP contribution in [0.1, 0.15) is 11.1 Å². The van der Waals surface area contributed by atoms with E-state index in [1.807, 2.05) is 41.1 Å². The van der Waals surface area contributed by atoms with E-state index >= 15 is 0 Å². The Morgan fingerprint density at radius 1 is 1.04 bits per heavy atom. The fourth-order valence-corrected chi connectivity index (χ4v) is 3.84. The highest BCUT2D eigenvalue weighted by Crippen LogP contribution is 2.36. The third-order valence-corrected chi connectivity index (χ3v) is 5.29. The van der Waals surface area contributed by atoms with E-state index in [1.165, 1.54) is 11.1 Å². The van der Waals surface area contributed by atoms with Gasteiger partial charge < -0.3 is 10.3 Å². The van der Waals surface area contributed by atoms with Crippen molar-refractivity contribution in [2.24, 2.45) is 0 Å². The standard InChI is InChI=1S/C23H19ClN4/c1-14-7-9-19(15(2)11-14)26-23-22(27-21-10-8-16(24)13-28(21)23)18-12-25-20-6-4-3-5-17(18)20/h3-13,25-26H,1-2H3. The van der Waals surface area contributed by atoms with E-state index in [-0.39, 0.29) is 0 Å². The Morgan fingerprint density at radius 2 is 1.89 bits per heavy atom.